The molecule has 254 valence electrons. The fourth-order valence-corrected chi connectivity index (χ4v) is 8.15. The molecule has 2 fully saturated rings. The van der Waals surface area contributed by atoms with Gasteiger partial charge in [0.25, 0.3) is 0 Å². The van der Waals surface area contributed by atoms with Gasteiger partial charge in [-0.25, -0.2) is 0 Å². The Morgan fingerprint density at radius 2 is 1.39 bits per heavy atom. The normalized spacial score (nSPS) is 15.1. The summed E-state index contributed by atoms with van der Waals surface area (Å²) in [6, 6.07) is 28.0. The third kappa shape index (κ3) is 7.62. The van der Waals surface area contributed by atoms with E-state index in [0.29, 0.717) is 35.8 Å². The first-order valence-corrected chi connectivity index (χ1v) is 18.1. The molecule has 2 saturated heterocycles. The topological polar surface area (TPSA) is 60.5 Å². The van der Waals surface area contributed by atoms with Crippen LogP contribution in [0.3, 0.4) is 0 Å². The Morgan fingerprint density at radius 3 is 2.06 bits per heavy atom. The van der Waals surface area contributed by atoms with Crippen LogP contribution < -0.4 is 18.9 Å². The van der Waals surface area contributed by atoms with Gasteiger partial charge < -0.3 is 18.9 Å². The predicted molar refractivity (Wildman–Crippen MR) is 197 cm³/mol. The highest BCUT2D eigenvalue weighted by Crippen LogP contribution is 2.43. The summed E-state index contributed by atoms with van der Waals surface area (Å²) in [5.74, 6) is 2.86. The molecule has 0 radical (unpaired) electrons. The highest BCUT2D eigenvalue weighted by Gasteiger charge is 2.26. The van der Waals surface area contributed by atoms with Crippen LogP contribution in [0, 0.1) is 0 Å². The molecule has 7 nitrogen and oxygen atoms in total. The zero-order chi connectivity index (χ0) is 33.6. The van der Waals surface area contributed by atoms with Gasteiger partial charge in [-0.3, -0.25) is 14.6 Å². The van der Waals surface area contributed by atoms with E-state index in [-0.39, 0.29) is 5.78 Å². The van der Waals surface area contributed by atoms with Crippen molar-refractivity contribution in [2.45, 2.75) is 38.8 Å². The number of nitrogens with zero attached hydrogens (tertiary/aromatic N) is 2. The van der Waals surface area contributed by atoms with Crippen LogP contribution in [0.4, 0.5) is 0 Å². The molecule has 5 aromatic rings. The van der Waals surface area contributed by atoms with Gasteiger partial charge in [-0.05, 0) is 118 Å². The maximum Gasteiger partial charge on any atom is 0.195 e. The van der Waals surface area contributed by atoms with Crippen LogP contribution >= 0.6 is 11.3 Å². The van der Waals surface area contributed by atoms with Gasteiger partial charge in [-0.2, -0.15) is 0 Å². The number of ketones is 1. The largest absolute Gasteiger partial charge is 0.496 e. The Bertz CT molecular complexity index is 1850. The summed E-state index contributed by atoms with van der Waals surface area (Å²) < 4.78 is 25.0. The second kappa shape index (κ2) is 15.5. The minimum atomic E-state index is -0.0746. The van der Waals surface area contributed by atoms with E-state index in [0.717, 1.165) is 82.4 Å². The molecule has 3 heterocycles. The molecule has 0 spiro atoms. The maximum atomic E-state index is 14.7. The number of rotatable bonds is 14. The van der Waals surface area contributed by atoms with E-state index in [2.05, 4.69) is 34.1 Å². The molecule has 1 aromatic heterocycles. The molecule has 2 aliphatic heterocycles. The molecule has 4 aromatic carbocycles. The number of likely N-dealkylation sites (tertiary alicyclic amines) is 2. The maximum absolute atomic E-state index is 14.7. The highest BCUT2D eigenvalue weighted by atomic mass is 32.1. The summed E-state index contributed by atoms with van der Waals surface area (Å²) in [7, 11) is 3.32. The zero-order valence-corrected chi connectivity index (χ0v) is 29.2. The Hall–Kier alpha value is -4.37. The van der Waals surface area contributed by atoms with Crippen molar-refractivity contribution < 1.29 is 23.7 Å². The van der Waals surface area contributed by atoms with Gasteiger partial charge in [-0.1, -0.05) is 30.3 Å². The van der Waals surface area contributed by atoms with Crippen molar-refractivity contribution in [2.24, 2.45) is 0 Å². The van der Waals surface area contributed by atoms with Crippen molar-refractivity contribution in [3.05, 3.63) is 107 Å². The summed E-state index contributed by atoms with van der Waals surface area (Å²) in [5, 5.41) is 0.891. The fraction of sp³-hybridized carbons (Fsp3) is 0.341. The first-order chi connectivity index (χ1) is 24.1. The molecule has 7 rings (SSSR count). The molecule has 8 heteroatoms. The van der Waals surface area contributed by atoms with Gasteiger partial charge in [0, 0.05) is 39.2 Å². The highest BCUT2D eigenvalue weighted by molar-refractivity contribution is 7.22. The standard InChI is InChI=1S/C41H44N2O5S/c1-45-36-24-31(25-37(46-2)35(36)27-43-20-8-9-21-43)40(44)39-34-17-16-33(48-28-29-10-4-3-5-11-29)26-38(34)49-41(39)30-12-14-32(15-13-30)47-23-22-42-18-6-7-19-42/h3-5,10-17,24-26H,6-9,18-23,27-28H2,1-2H3. The molecule has 0 unspecified atom stereocenters. The van der Waals surface area contributed by atoms with E-state index >= 15 is 0 Å². The average molecular weight is 677 g/mol. The van der Waals surface area contributed by atoms with E-state index in [1.807, 2.05) is 60.7 Å². The molecule has 0 saturated carbocycles. The molecular formula is C41H44N2O5S. The molecule has 0 aliphatic carbocycles. The predicted octanol–water partition coefficient (Wildman–Crippen LogP) is 8.47. The van der Waals surface area contributed by atoms with E-state index in [1.165, 1.54) is 25.7 Å². The van der Waals surface area contributed by atoms with Crippen molar-refractivity contribution >= 4 is 27.2 Å². The number of methoxy groups -OCH3 is 2. The summed E-state index contributed by atoms with van der Waals surface area (Å²) in [6.07, 6.45) is 4.93. The van der Waals surface area contributed by atoms with Crippen LogP contribution in [0.25, 0.3) is 20.5 Å². The van der Waals surface area contributed by atoms with Crippen molar-refractivity contribution in [3.8, 4) is 33.4 Å². The monoisotopic (exact) mass is 676 g/mol. The molecule has 49 heavy (non-hydrogen) atoms. The third-order valence-corrected chi connectivity index (χ3v) is 10.8. The lowest BCUT2D eigenvalue weighted by Gasteiger charge is -2.20. The number of ether oxygens (including phenoxy) is 4. The second-order valence-corrected chi connectivity index (χ2v) is 13.9. The molecule has 2 aliphatic rings. The first kappa shape index (κ1) is 33.1. The third-order valence-electron chi connectivity index (χ3n) is 9.58. The van der Waals surface area contributed by atoms with Crippen LogP contribution in [0.1, 0.15) is 52.7 Å². The average Bonchev–Trinajstić information content (AvgIpc) is 3.93. The zero-order valence-electron chi connectivity index (χ0n) is 28.4. The van der Waals surface area contributed by atoms with E-state index < -0.39 is 0 Å². The van der Waals surface area contributed by atoms with Crippen molar-refractivity contribution in [3.63, 3.8) is 0 Å². The number of hydrogen-bond donors (Lipinski definition) is 0. The van der Waals surface area contributed by atoms with Gasteiger partial charge in [-0.15, -0.1) is 11.3 Å². The quantitative estimate of drug-likeness (QED) is 0.109. The van der Waals surface area contributed by atoms with Crippen molar-refractivity contribution in [1.29, 1.82) is 0 Å². The summed E-state index contributed by atoms with van der Waals surface area (Å²) in [4.78, 5) is 20.4. The Balaban J connectivity index is 1.22. The second-order valence-electron chi connectivity index (χ2n) is 12.8. The minimum absolute atomic E-state index is 0.0746. The van der Waals surface area contributed by atoms with E-state index in [4.69, 9.17) is 18.9 Å². The number of benzene rings is 4. The van der Waals surface area contributed by atoms with Crippen LogP contribution in [0.15, 0.2) is 84.9 Å². The van der Waals surface area contributed by atoms with Gasteiger partial charge in [0.2, 0.25) is 0 Å². The number of thiophene rings is 1. The van der Waals surface area contributed by atoms with Gasteiger partial charge in [0.15, 0.2) is 5.78 Å². The fourth-order valence-electron chi connectivity index (χ4n) is 6.92. The van der Waals surface area contributed by atoms with Gasteiger partial charge >= 0.3 is 0 Å². The molecular weight excluding hydrogens is 633 g/mol. The summed E-state index contributed by atoms with van der Waals surface area (Å²) in [5.41, 5.74) is 4.23. The lowest BCUT2D eigenvalue weighted by molar-refractivity contribution is 0.104. The Kier molecular flexibility index (Phi) is 10.5. The van der Waals surface area contributed by atoms with Gasteiger partial charge in [0.05, 0.1) is 19.8 Å². The molecule has 0 amide bonds. The first-order valence-electron chi connectivity index (χ1n) is 17.3. The van der Waals surface area contributed by atoms with Crippen LogP contribution in [-0.2, 0) is 13.2 Å². The van der Waals surface area contributed by atoms with Crippen LogP contribution in [0.2, 0.25) is 0 Å². The van der Waals surface area contributed by atoms with Crippen molar-refractivity contribution in [1.82, 2.24) is 9.80 Å². The van der Waals surface area contributed by atoms with Crippen LogP contribution in [-0.4, -0.2) is 69.1 Å². The van der Waals surface area contributed by atoms with Crippen LogP contribution in [0.5, 0.6) is 23.0 Å². The molecule has 0 N–H and O–H groups in total. The minimum Gasteiger partial charge on any atom is -0.496 e. The number of carbonyl (C=O) groups is 1. The smallest absolute Gasteiger partial charge is 0.195 e. The Morgan fingerprint density at radius 1 is 0.735 bits per heavy atom. The summed E-state index contributed by atoms with van der Waals surface area (Å²) >= 11 is 1.60. The number of fused-ring (bicyclic) bond motifs is 1. The van der Waals surface area contributed by atoms with E-state index in [1.54, 1.807) is 25.6 Å². The van der Waals surface area contributed by atoms with Gasteiger partial charge in [0.1, 0.15) is 36.2 Å². The summed E-state index contributed by atoms with van der Waals surface area (Å²) in [6.45, 7) is 7.22. The van der Waals surface area contributed by atoms with E-state index in [9.17, 15) is 4.79 Å². The lowest BCUT2D eigenvalue weighted by Crippen LogP contribution is -2.25. The van der Waals surface area contributed by atoms with Crippen molar-refractivity contribution in [2.75, 3.05) is 53.6 Å². The lowest BCUT2D eigenvalue weighted by atomic mass is 9.96. The molecule has 0 bridgehead atoms. The SMILES string of the molecule is COc1cc(C(=O)c2c(-c3ccc(OCCN4CCCC4)cc3)sc3cc(OCc4ccccc4)ccc23)cc(OC)c1CN1CCCC1. The Labute approximate surface area is 293 Å². The molecule has 0 atom stereocenters. The number of carbonyl (C=O) groups excluding carboxylic acids is 1. The number of hydrogen-bond acceptors (Lipinski definition) is 8.